The zero-order valence-corrected chi connectivity index (χ0v) is 29.4. The summed E-state index contributed by atoms with van der Waals surface area (Å²) < 4.78 is 12.0. The number of rotatable bonds is 12. The molecule has 0 fully saturated rings. The van der Waals surface area contributed by atoms with Crippen LogP contribution in [0.2, 0.25) is 0 Å². The van der Waals surface area contributed by atoms with Gasteiger partial charge in [-0.25, -0.2) is 0 Å². The number of nitrogens with one attached hydrogen (secondary N) is 4. The first kappa shape index (κ1) is 38.8. The molecule has 0 radical (unpaired) electrons. The van der Waals surface area contributed by atoms with E-state index in [1.807, 2.05) is 19.1 Å². The van der Waals surface area contributed by atoms with Crippen LogP contribution in [0, 0.1) is 25.2 Å². The van der Waals surface area contributed by atoms with Crippen LogP contribution in [0.25, 0.3) is 11.1 Å². The molecule has 15 heteroatoms. The largest absolute Gasteiger partial charge is 0.492 e. The Morgan fingerprint density at radius 2 is 1.62 bits per heavy atom. The maximum absolute atomic E-state index is 13.9. The van der Waals surface area contributed by atoms with Crippen molar-refractivity contribution in [3.63, 3.8) is 0 Å². The number of nitriles is 1. The minimum absolute atomic E-state index is 0.0352. The first-order valence-electron chi connectivity index (χ1n) is 16.7. The molecule has 274 valence electrons. The van der Waals surface area contributed by atoms with Crippen LogP contribution >= 0.6 is 0 Å². The average Bonchev–Trinajstić information content (AvgIpc) is 3.13. The monoisotopic (exact) mass is 712 g/mol. The molecule has 0 aromatic heterocycles. The number of likely N-dealkylation sites (N-methyl/N-ethyl adjacent to an activating group) is 1. The zero-order chi connectivity index (χ0) is 37.8. The highest BCUT2D eigenvalue weighted by atomic mass is 16.5. The van der Waals surface area contributed by atoms with E-state index >= 15 is 0 Å². The summed E-state index contributed by atoms with van der Waals surface area (Å²) in [6.07, 6.45) is 0.0352. The van der Waals surface area contributed by atoms with Gasteiger partial charge in [0.15, 0.2) is 0 Å². The molecule has 0 spiro atoms. The number of ether oxygens (including phenoxy) is 2. The minimum Gasteiger partial charge on any atom is -0.492 e. The van der Waals surface area contributed by atoms with Crippen LogP contribution in [-0.4, -0.2) is 93.5 Å². The molecule has 8 N–H and O–H groups in total. The SMILES string of the molecule is Cc1ccc(C(=O)NCC(=O)N(C)C2C(=O)NCC(=O)NC(C(=O)NCC#N)Cc3ccc(OCCN)c(c3)-c3cc2ccc3OCCN)c(C)c1. The number of hydrogen-bond donors (Lipinski definition) is 6. The second kappa shape index (κ2) is 18.3. The maximum Gasteiger partial charge on any atom is 0.251 e. The predicted octanol–water partition coefficient (Wildman–Crippen LogP) is 0.372. The van der Waals surface area contributed by atoms with Crippen LogP contribution < -0.4 is 42.2 Å². The van der Waals surface area contributed by atoms with Crippen molar-refractivity contribution in [2.45, 2.75) is 32.4 Å². The zero-order valence-electron chi connectivity index (χ0n) is 29.4. The summed E-state index contributed by atoms with van der Waals surface area (Å²) >= 11 is 0. The number of carbonyl (C=O) groups is 5. The summed E-state index contributed by atoms with van der Waals surface area (Å²) in [5.74, 6) is -2.19. The highest BCUT2D eigenvalue weighted by Crippen LogP contribution is 2.40. The van der Waals surface area contributed by atoms with Gasteiger partial charge in [0.05, 0.1) is 19.2 Å². The van der Waals surface area contributed by atoms with Gasteiger partial charge in [-0.3, -0.25) is 24.0 Å². The Labute approximate surface area is 302 Å². The van der Waals surface area contributed by atoms with Gasteiger partial charge in [-0.15, -0.1) is 0 Å². The number of carbonyl (C=O) groups excluding carboxylic acids is 5. The molecule has 1 aliphatic rings. The molecule has 5 amide bonds. The number of benzene rings is 3. The molecule has 2 atom stereocenters. The van der Waals surface area contributed by atoms with Gasteiger partial charge in [-0.05, 0) is 60.9 Å². The fourth-order valence-corrected chi connectivity index (χ4v) is 5.78. The molecule has 0 saturated carbocycles. The lowest BCUT2D eigenvalue weighted by atomic mass is 9.93. The van der Waals surface area contributed by atoms with E-state index in [0.29, 0.717) is 39.3 Å². The highest BCUT2D eigenvalue weighted by Gasteiger charge is 2.31. The van der Waals surface area contributed by atoms with E-state index in [1.54, 1.807) is 55.5 Å². The smallest absolute Gasteiger partial charge is 0.251 e. The Morgan fingerprint density at radius 1 is 0.942 bits per heavy atom. The van der Waals surface area contributed by atoms with Gasteiger partial charge >= 0.3 is 0 Å². The molecule has 3 aromatic rings. The summed E-state index contributed by atoms with van der Waals surface area (Å²) in [4.78, 5) is 67.9. The van der Waals surface area contributed by atoms with Crippen molar-refractivity contribution in [3.05, 3.63) is 82.4 Å². The lowest BCUT2D eigenvalue weighted by Gasteiger charge is -2.29. The van der Waals surface area contributed by atoms with Gasteiger partial charge in [0.25, 0.3) is 5.91 Å². The normalized spacial score (nSPS) is 15.5. The second-order valence-corrected chi connectivity index (χ2v) is 12.2. The Bertz CT molecular complexity index is 1860. The first-order chi connectivity index (χ1) is 25.0. The average molecular weight is 713 g/mol. The number of nitrogens with two attached hydrogens (primary N) is 2. The van der Waals surface area contributed by atoms with Crippen LogP contribution in [0.15, 0.2) is 54.6 Å². The van der Waals surface area contributed by atoms with Crippen LogP contribution in [0.1, 0.15) is 38.7 Å². The molecule has 1 heterocycles. The van der Waals surface area contributed by atoms with Gasteiger partial charge in [-0.1, -0.05) is 29.8 Å². The van der Waals surface area contributed by atoms with Crippen LogP contribution in [0.3, 0.4) is 0 Å². The van der Waals surface area contributed by atoms with E-state index in [0.717, 1.165) is 11.1 Å². The molecule has 3 aromatic carbocycles. The van der Waals surface area contributed by atoms with Gasteiger partial charge < -0.3 is 47.1 Å². The minimum atomic E-state index is -1.28. The van der Waals surface area contributed by atoms with Crippen molar-refractivity contribution >= 4 is 29.5 Å². The van der Waals surface area contributed by atoms with E-state index in [9.17, 15) is 24.0 Å². The Hall–Kier alpha value is -5.98. The number of amides is 5. The van der Waals surface area contributed by atoms with Crippen LogP contribution in [0.5, 0.6) is 11.5 Å². The van der Waals surface area contributed by atoms with E-state index in [1.165, 1.54) is 11.9 Å². The third-order valence-electron chi connectivity index (χ3n) is 8.32. The molecule has 4 bridgehead atoms. The number of hydrogen-bond acceptors (Lipinski definition) is 10. The quantitative estimate of drug-likeness (QED) is 0.141. The van der Waals surface area contributed by atoms with E-state index in [4.69, 9.17) is 26.2 Å². The summed E-state index contributed by atoms with van der Waals surface area (Å²) in [6.45, 7) is 3.27. The van der Waals surface area contributed by atoms with Crippen molar-refractivity contribution in [1.82, 2.24) is 26.2 Å². The highest BCUT2D eigenvalue weighted by molar-refractivity contribution is 5.99. The van der Waals surface area contributed by atoms with Crippen molar-refractivity contribution in [1.29, 1.82) is 5.26 Å². The fraction of sp³-hybridized carbons (Fsp3) is 0.351. The van der Waals surface area contributed by atoms with Gasteiger partial charge in [0.1, 0.15) is 43.3 Å². The lowest BCUT2D eigenvalue weighted by Crippen LogP contribution is -2.52. The standard InChI is InChI=1S/C37H44N8O7/c1-22-4-7-26(23(2)16-22)35(48)43-21-33(47)45(3)34-25-6-9-31(52-15-12-40)28(19-25)27-17-24(5-8-30(27)51-14-11-39)18-29(36(49)41-13-10-38)44-32(46)20-42-37(34)50/h4-9,16-17,19,29,34H,11-15,18,20-21,39-40H2,1-3H3,(H,41,49)(H,42,50)(H,43,48)(H,44,46). The van der Waals surface area contributed by atoms with Gasteiger partial charge in [-0.2, -0.15) is 5.26 Å². The van der Waals surface area contributed by atoms with Crippen molar-refractivity contribution in [2.24, 2.45) is 11.5 Å². The second-order valence-electron chi connectivity index (χ2n) is 12.2. The lowest BCUT2D eigenvalue weighted by molar-refractivity contribution is -0.139. The fourth-order valence-electron chi connectivity index (χ4n) is 5.78. The van der Waals surface area contributed by atoms with Crippen LogP contribution in [-0.2, 0) is 25.6 Å². The van der Waals surface area contributed by atoms with Crippen molar-refractivity contribution in [3.8, 4) is 28.7 Å². The van der Waals surface area contributed by atoms with Crippen molar-refractivity contribution in [2.75, 3.05) is 53.0 Å². The summed E-state index contributed by atoms with van der Waals surface area (Å²) in [5.41, 5.74) is 15.7. The Morgan fingerprint density at radius 3 is 2.27 bits per heavy atom. The van der Waals surface area contributed by atoms with E-state index < -0.39 is 54.7 Å². The molecule has 1 aliphatic heterocycles. The third-order valence-corrected chi connectivity index (χ3v) is 8.32. The third kappa shape index (κ3) is 9.83. The van der Waals surface area contributed by atoms with Gasteiger partial charge in [0, 0.05) is 43.2 Å². The number of nitrogens with zero attached hydrogens (tertiary/aromatic N) is 2. The summed E-state index contributed by atoms with van der Waals surface area (Å²) in [7, 11) is 1.42. The maximum atomic E-state index is 13.9. The predicted molar refractivity (Wildman–Crippen MR) is 192 cm³/mol. The van der Waals surface area contributed by atoms with Crippen LogP contribution in [0.4, 0.5) is 0 Å². The van der Waals surface area contributed by atoms with E-state index in [-0.39, 0.29) is 39.3 Å². The number of aryl methyl sites for hydroxylation is 2. The Balaban J connectivity index is 1.80. The molecule has 15 nitrogen and oxygen atoms in total. The van der Waals surface area contributed by atoms with E-state index in [2.05, 4.69) is 21.3 Å². The molecule has 0 saturated heterocycles. The molecule has 4 rings (SSSR count). The molecule has 2 unspecified atom stereocenters. The summed E-state index contributed by atoms with van der Waals surface area (Å²) in [6, 6.07) is 15.0. The molecular formula is C37H44N8O7. The molecule has 0 aliphatic carbocycles. The Kier molecular flexibility index (Phi) is 13.7. The van der Waals surface area contributed by atoms with Crippen molar-refractivity contribution < 1.29 is 33.4 Å². The topological polar surface area (TPSA) is 231 Å². The molecule has 52 heavy (non-hydrogen) atoms. The summed E-state index contributed by atoms with van der Waals surface area (Å²) in [5, 5.41) is 19.4. The van der Waals surface area contributed by atoms with Gasteiger partial charge in [0.2, 0.25) is 23.6 Å². The first-order valence-corrected chi connectivity index (χ1v) is 16.7. The molecular weight excluding hydrogens is 668 g/mol. The number of fused-ring (bicyclic) bond motifs is 5.